The number of halogens is 1. The monoisotopic (exact) mass is 202 g/mol. The molecule has 0 spiro atoms. The van der Waals surface area contributed by atoms with E-state index in [1.54, 1.807) is 0 Å². The molecule has 1 rings (SSSR count). The Morgan fingerprint density at radius 2 is 2.08 bits per heavy atom. The first-order valence-corrected chi connectivity index (χ1v) is 3.64. The normalized spacial score (nSPS) is 10.5. The summed E-state index contributed by atoms with van der Waals surface area (Å²) in [5, 5.41) is 27.8. The number of aromatic carboxylic acids is 1. The molecule has 0 aliphatic carbocycles. The van der Waals surface area contributed by atoms with E-state index in [4.69, 9.17) is 16.7 Å². The predicted octanol–water partition coefficient (Wildman–Crippen LogP) is 0.550. The molecule has 0 saturated carbocycles. The van der Waals surface area contributed by atoms with E-state index in [1.165, 1.54) is 12.1 Å². The minimum atomic E-state index is -1.43. The zero-order chi connectivity index (χ0) is 10.0. The Balaban J connectivity index is 3.19. The number of carbonyl (C=O) groups is 1. The predicted molar refractivity (Wildman–Crippen MR) is 45.8 cm³/mol. The summed E-state index contributed by atoms with van der Waals surface area (Å²) in [6.45, 7) is 0. The Hall–Kier alpha value is -1.14. The van der Waals surface area contributed by atoms with Gasteiger partial charge in [-0.25, -0.2) is 4.79 Å². The Morgan fingerprint density at radius 3 is 2.54 bits per heavy atom. The van der Waals surface area contributed by atoms with E-state index >= 15 is 0 Å². The standard InChI is InChI=1S/C7H5ClNO4/c8-6-2-1-4(9(12)13)3-5(6)7(10)11/h1-3,9H,(H,10,11)/q-1. The molecule has 0 aromatic heterocycles. The maximum Gasteiger partial charge on any atom is 0.337 e. The van der Waals surface area contributed by atoms with Crippen LogP contribution in [-0.4, -0.2) is 11.1 Å². The fourth-order valence-electron chi connectivity index (χ4n) is 0.816. The number of nitrogens with one attached hydrogen (secondary N) is 1. The first kappa shape index (κ1) is 9.94. The van der Waals surface area contributed by atoms with Gasteiger partial charge in [-0.2, -0.15) is 0 Å². The van der Waals surface area contributed by atoms with E-state index in [0.717, 1.165) is 6.07 Å². The molecule has 0 atom stereocenters. The van der Waals surface area contributed by atoms with Gasteiger partial charge in [-0.3, -0.25) is 0 Å². The highest BCUT2D eigenvalue weighted by Gasteiger charge is 2.10. The van der Waals surface area contributed by atoms with Crippen LogP contribution in [-0.2, 0) is 0 Å². The second-order valence-corrected chi connectivity index (χ2v) is 2.69. The molecule has 0 aliphatic heterocycles. The summed E-state index contributed by atoms with van der Waals surface area (Å²) in [7, 11) is 0. The third-order valence-corrected chi connectivity index (χ3v) is 1.76. The zero-order valence-corrected chi connectivity index (χ0v) is 7.04. The van der Waals surface area contributed by atoms with Gasteiger partial charge in [-0.1, -0.05) is 11.6 Å². The lowest BCUT2D eigenvalue weighted by atomic mass is 10.2. The van der Waals surface area contributed by atoms with Crippen molar-refractivity contribution in [2.24, 2.45) is 0 Å². The first-order valence-electron chi connectivity index (χ1n) is 3.26. The molecule has 1 aromatic rings. The van der Waals surface area contributed by atoms with E-state index in [9.17, 15) is 15.2 Å². The minimum Gasteiger partial charge on any atom is -0.628 e. The van der Waals surface area contributed by atoms with E-state index < -0.39 is 11.2 Å². The fraction of sp³-hybridized carbons (Fsp3) is 0. The van der Waals surface area contributed by atoms with Gasteiger partial charge in [0.15, 0.2) is 0 Å². The van der Waals surface area contributed by atoms with Gasteiger partial charge in [0.1, 0.15) is 5.69 Å². The summed E-state index contributed by atoms with van der Waals surface area (Å²) in [6, 6.07) is 3.35. The van der Waals surface area contributed by atoms with E-state index in [1.807, 2.05) is 0 Å². The summed E-state index contributed by atoms with van der Waals surface area (Å²) in [6.07, 6.45) is 0. The van der Waals surface area contributed by atoms with Crippen LogP contribution in [0.5, 0.6) is 0 Å². The number of benzene rings is 1. The van der Waals surface area contributed by atoms with Crippen LogP contribution in [0.15, 0.2) is 18.2 Å². The second-order valence-electron chi connectivity index (χ2n) is 2.29. The summed E-state index contributed by atoms with van der Waals surface area (Å²) in [5.74, 6) is -1.27. The van der Waals surface area contributed by atoms with Gasteiger partial charge in [0.25, 0.3) is 0 Å². The van der Waals surface area contributed by atoms with Crippen molar-refractivity contribution in [2.75, 3.05) is 0 Å². The second kappa shape index (κ2) is 3.71. The molecule has 2 N–H and O–H groups in total. The molecule has 0 heterocycles. The van der Waals surface area contributed by atoms with Crippen molar-refractivity contribution in [3.63, 3.8) is 0 Å². The van der Waals surface area contributed by atoms with Gasteiger partial charge in [0.2, 0.25) is 0 Å². The van der Waals surface area contributed by atoms with E-state index in [2.05, 4.69) is 0 Å². The van der Waals surface area contributed by atoms with Gasteiger partial charge < -0.3 is 20.7 Å². The molecule has 13 heavy (non-hydrogen) atoms. The number of hydrogen-bond donors (Lipinski definition) is 2. The van der Waals surface area contributed by atoms with Crippen LogP contribution in [0.2, 0.25) is 5.02 Å². The molecule has 0 fully saturated rings. The largest absolute Gasteiger partial charge is 0.628 e. The van der Waals surface area contributed by atoms with Crippen molar-refractivity contribution in [3.05, 3.63) is 39.2 Å². The van der Waals surface area contributed by atoms with Crippen LogP contribution in [0.4, 0.5) is 5.69 Å². The molecule has 0 bridgehead atoms. The number of carboxylic acids is 1. The SMILES string of the molecule is O=C(O)c1cc([NH+]([O-])[O-])ccc1Cl. The Kier molecular flexibility index (Phi) is 2.84. The summed E-state index contributed by atoms with van der Waals surface area (Å²) in [5.41, 5.74) is -0.454. The Bertz CT molecular complexity index is 339. The van der Waals surface area contributed by atoms with Crippen molar-refractivity contribution >= 4 is 23.3 Å². The smallest absolute Gasteiger partial charge is 0.337 e. The van der Waals surface area contributed by atoms with Crippen LogP contribution in [0.3, 0.4) is 0 Å². The average Bonchev–Trinajstić information content (AvgIpc) is 2.04. The van der Waals surface area contributed by atoms with Crippen molar-refractivity contribution in [3.8, 4) is 0 Å². The number of rotatable bonds is 2. The highest BCUT2D eigenvalue weighted by Crippen LogP contribution is 2.18. The molecule has 1 aromatic carbocycles. The molecule has 0 saturated heterocycles. The minimum absolute atomic E-state index is 0.00231. The lowest BCUT2D eigenvalue weighted by Crippen LogP contribution is -2.96. The van der Waals surface area contributed by atoms with E-state index in [-0.39, 0.29) is 16.3 Å². The van der Waals surface area contributed by atoms with Gasteiger partial charge in [0, 0.05) is 12.1 Å². The number of carboxylic acid groups (broad SMARTS) is 1. The van der Waals surface area contributed by atoms with Gasteiger partial charge in [-0.05, 0) is 6.07 Å². The maximum atomic E-state index is 10.5. The Morgan fingerprint density at radius 1 is 1.46 bits per heavy atom. The maximum absolute atomic E-state index is 10.5. The molecule has 0 radical (unpaired) electrons. The van der Waals surface area contributed by atoms with Gasteiger partial charge >= 0.3 is 5.97 Å². The van der Waals surface area contributed by atoms with Crippen LogP contribution < -0.4 is 5.23 Å². The van der Waals surface area contributed by atoms with Crippen LogP contribution in [0.1, 0.15) is 10.4 Å². The molecule has 0 aliphatic rings. The van der Waals surface area contributed by atoms with Crippen LogP contribution in [0.25, 0.3) is 0 Å². The van der Waals surface area contributed by atoms with Gasteiger partial charge in [-0.15, -0.1) is 0 Å². The lowest BCUT2D eigenvalue weighted by Gasteiger charge is -2.24. The molecular formula is C7H5ClNO4-. The number of hydrogen-bond acceptors (Lipinski definition) is 3. The highest BCUT2D eigenvalue weighted by atomic mass is 35.5. The van der Waals surface area contributed by atoms with Crippen LogP contribution >= 0.6 is 11.6 Å². The topological polar surface area (TPSA) is 87.9 Å². The first-order chi connectivity index (χ1) is 6.02. The third-order valence-electron chi connectivity index (χ3n) is 1.43. The molecule has 5 nitrogen and oxygen atoms in total. The van der Waals surface area contributed by atoms with Crippen molar-refractivity contribution in [1.82, 2.24) is 0 Å². The summed E-state index contributed by atoms with van der Waals surface area (Å²) in [4.78, 5) is 10.5. The molecule has 0 unspecified atom stereocenters. The average molecular weight is 203 g/mol. The zero-order valence-electron chi connectivity index (χ0n) is 6.28. The summed E-state index contributed by atoms with van der Waals surface area (Å²) < 4.78 is 0. The third kappa shape index (κ3) is 2.16. The molecule has 6 heteroatoms. The van der Waals surface area contributed by atoms with Crippen molar-refractivity contribution < 1.29 is 15.1 Å². The Labute approximate surface area is 78.3 Å². The quantitative estimate of drug-likeness (QED) is 0.686. The summed E-state index contributed by atoms with van der Waals surface area (Å²) >= 11 is 5.50. The van der Waals surface area contributed by atoms with Crippen LogP contribution in [0, 0.1) is 10.4 Å². The van der Waals surface area contributed by atoms with Crippen molar-refractivity contribution in [2.45, 2.75) is 0 Å². The number of quaternary nitrogens is 1. The van der Waals surface area contributed by atoms with Gasteiger partial charge in [0.05, 0.1) is 10.6 Å². The molecule has 70 valence electrons. The van der Waals surface area contributed by atoms with Crippen molar-refractivity contribution in [1.29, 1.82) is 0 Å². The highest BCUT2D eigenvalue weighted by molar-refractivity contribution is 6.33. The van der Waals surface area contributed by atoms with E-state index in [0.29, 0.717) is 0 Å². The fourth-order valence-corrected chi connectivity index (χ4v) is 1.01. The lowest BCUT2D eigenvalue weighted by molar-refractivity contribution is -0.715. The molecular weight excluding hydrogens is 198 g/mol. The molecule has 0 amide bonds.